The van der Waals surface area contributed by atoms with Crippen LogP contribution in [0.15, 0.2) is 18.2 Å². The highest BCUT2D eigenvalue weighted by Crippen LogP contribution is 2.21. The lowest BCUT2D eigenvalue weighted by atomic mass is 10.0. The number of benzene rings is 1. The molecule has 0 bridgehead atoms. The number of rotatable bonds is 3. The van der Waals surface area contributed by atoms with Gasteiger partial charge < -0.3 is 10.6 Å². The Morgan fingerprint density at radius 3 is 2.95 bits per heavy atom. The molecule has 5 heteroatoms. The van der Waals surface area contributed by atoms with Gasteiger partial charge in [0.15, 0.2) is 0 Å². The molecule has 0 spiro atoms. The van der Waals surface area contributed by atoms with Gasteiger partial charge in [0.1, 0.15) is 0 Å². The van der Waals surface area contributed by atoms with Gasteiger partial charge in [-0.2, -0.15) is 0 Å². The van der Waals surface area contributed by atoms with E-state index in [1.165, 1.54) is 0 Å². The molecule has 2 unspecified atom stereocenters. The molecule has 1 saturated heterocycles. The fourth-order valence-electron chi connectivity index (χ4n) is 2.38. The lowest BCUT2D eigenvalue weighted by molar-refractivity contribution is -0.121. The summed E-state index contributed by atoms with van der Waals surface area (Å²) < 4.78 is 0. The Morgan fingerprint density at radius 2 is 2.26 bits per heavy atom. The molecule has 0 aromatic heterocycles. The normalized spacial score (nSPS) is 23.1. The summed E-state index contributed by atoms with van der Waals surface area (Å²) in [7, 11) is 0. The summed E-state index contributed by atoms with van der Waals surface area (Å²) in [6, 6.07) is 5.93. The van der Waals surface area contributed by atoms with E-state index in [4.69, 9.17) is 23.2 Å². The Labute approximate surface area is 123 Å². The fourth-order valence-corrected chi connectivity index (χ4v) is 2.86. The van der Waals surface area contributed by atoms with Gasteiger partial charge >= 0.3 is 0 Å². The Morgan fingerprint density at radius 1 is 1.47 bits per heavy atom. The Balaban J connectivity index is 1.90. The van der Waals surface area contributed by atoms with Gasteiger partial charge in [-0.3, -0.25) is 4.79 Å². The third-order valence-corrected chi connectivity index (χ3v) is 3.94. The molecule has 2 N–H and O–H groups in total. The number of hydrogen-bond acceptors (Lipinski definition) is 2. The maximum atomic E-state index is 12.0. The first-order chi connectivity index (χ1) is 9.04. The molecule has 0 radical (unpaired) electrons. The van der Waals surface area contributed by atoms with E-state index in [9.17, 15) is 4.79 Å². The molecule has 1 aliphatic heterocycles. The van der Waals surface area contributed by atoms with Gasteiger partial charge in [-0.15, -0.1) is 0 Å². The number of hydrogen-bond donors (Lipinski definition) is 2. The van der Waals surface area contributed by atoms with Crippen LogP contribution in [0.4, 0.5) is 0 Å². The summed E-state index contributed by atoms with van der Waals surface area (Å²) in [6.45, 7) is 3.09. The topological polar surface area (TPSA) is 41.1 Å². The van der Waals surface area contributed by atoms with Crippen molar-refractivity contribution >= 4 is 29.1 Å². The van der Waals surface area contributed by atoms with Crippen LogP contribution in [0.2, 0.25) is 10.0 Å². The lowest BCUT2D eigenvalue weighted by Gasteiger charge is -2.28. The molecule has 1 aliphatic rings. The van der Waals surface area contributed by atoms with Crippen LogP contribution in [0.5, 0.6) is 0 Å². The molecule has 2 atom stereocenters. The summed E-state index contributed by atoms with van der Waals surface area (Å²) in [6.07, 6.45) is 2.25. The van der Waals surface area contributed by atoms with Gasteiger partial charge in [0.2, 0.25) is 5.91 Å². The van der Waals surface area contributed by atoms with Crippen LogP contribution in [-0.4, -0.2) is 24.5 Å². The third kappa shape index (κ3) is 4.37. The standard InChI is InChI=1S/C14H18Cl2N2O/c1-9-6-12(4-5-17-9)18-14(19)7-10-2-3-11(15)8-13(10)16/h2-3,8-9,12,17H,4-7H2,1H3,(H,18,19). The Kier molecular flexibility index (Phi) is 5.08. The molecule has 3 nitrogen and oxygen atoms in total. The quantitative estimate of drug-likeness (QED) is 0.901. The van der Waals surface area contributed by atoms with Gasteiger partial charge in [-0.1, -0.05) is 29.3 Å². The van der Waals surface area contributed by atoms with Crippen molar-refractivity contribution in [1.29, 1.82) is 0 Å². The smallest absolute Gasteiger partial charge is 0.224 e. The molecule has 104 valence electrons. The van der Waals surface area contributed by atoms with Crippen molar-refractivity contribution in [3.63, 3.8) is 0 Å². The van der Waals surface area contributed by atoms with Gasteiger partial charge in [0, 0.05) is 22.1 Å². The van der Waals surface area contributed by atoms with E-state index >= 15 is 0 Å². The van der Waals surface area contributed by atoms with Gasteiger partial charge in [-0.05, 0) is 44.0 Å². The molecule has 19 heavy (non-hydrogen) atoms. The van der Waals surface area contributed by atoms with E-state index in [0.717, 1.165) is 24.9 Å². The molecule has 1 aromatic rings. The first-order valence-corrected chi connectivity index (χ1v) is 7.27. The monoisotopic (exact) mass is 300 g/mol. The molecule has 2 rings (SSSR count). The number of amides is 1. The molecular weight excluding hydrogens is 283 g/mol. The van der Waals surface area contributed by atoms with E-state index in [2.05, 4.69) is 17.6 Å². The van der Waals surface area contributed by atoms with Crippen LogP contribution in [-0.2, 0) is 11.2 Å². The van der Waals surface area contributed by atoms with Crippen molar-refractivity contribution in [1.82, 2.24) is 10.6 Å². The van der Waals surface area contributed by atoms with Gasteiger partial charge in [-0.25, -0.2) is 0 Å². The van der Waals surface area contributed by atoms with E-state index in [1.807, 2.05) is 0 Å². The van der Waals surface area contributed by atoms with Crippen LogP contribution < -0.4 is 10.6 Å². The molecular formula is C14H18Cl2N2O. The minimum atomic E-state index is 0.0170. The Hall–Kier alpha value is -0.770. The molecule has 0 aliphatic carbocycles. The second kappa shape index (κ2) is 6.60. The summed E-state index contributed by atoms with van der Waals surface area (Å²) >= 11 is 11.9. The van der Waals surface area contributed by atoms with Gasteiger partial charge in [0.05, 0.1) is 6.42 Å². The second-order valence-corrected chi connectivity index (χ2v) is 5.90. The minimum absolute atomic E-state index is 0.0170. The van der Waals surface area contributed by atoms with Crippen molar-refractivity contribution in [3.05, 3.63) is 33.8 Å². The number of carbonyl (C=O) groups is 1. The predicted octanol–water partition coefficient (Wildman–Crippen LogP) is 2.79. The maximum absolute atomic E-state index is 12.0. The molecule has 1 aromatic carbocycles. The zero-order valence-corrected chi connectivity index (χ0v) is 12.4. The molecule has 0 saturated carbocycles. The fraction of sp³-hybridized carbons (Fsp3) is 0.500. The van der Waals surface area contributed by atoms with Crippen molar-refractivity contribution in [2.24, 2.45) is 0 Å². The highest BCUT2D eigenvalue weighted by atomic mass is 35.5. The number of nitrogens with one attached hydrogen (secondary N) is 2. The zero-order valence-electron chi connectivity index (χ0n) is 10.9. The first kappa shape index (κ1) is 14.6. The van der Waals surface area contributed by atoms with E-state index < -0.39 is 0 Å². The van der Waals surface area contributed by atoms with Crippen molar-refractivity contribution < 1.29 is 4.79 Å². The average molecular weight is 301 g/mol. The lowest BCUT2D eigenvalue weighted by Crippen LogP contribution is -2.46. The first-order valence-electron chi connectivity index (χ1n) is 6.51. The SMILES string of the molecule is CC1CC(NC(=O)Cc2ccc(Cl)cc2Cl)CCN1. The molecule has 1 fully saturated rings. The summed E-state index contributed by atoms with van der Waals surface area (Å²) in [5.41, 5.74) is 0.811. The minimum Gasteiger partial charge on any atom is -0.353 e. The van der Waals surface area contributed by atoms with E-state index in [-0.39, 0.29) is 11.9 Å². The number of carbonyl (C=O) groups excluding carboxylic acids is 1. The van der Waals surface area contributed by atoms with Crippen LogP contribution in [0.1, 0.15) is 25.3 Å². The maximum Gasteiger partial charge on any atom is 0.224 e. The van der Waals surface area contributed by atoms with E-state index in [1.54, 1.807) is 18.2 Å². The van der Waals surface area contributed by atoms with Crippen LogP contribution >= 0.6 is 23.2 Å². The highest BCUT2D eigenvalue weighted by molar-refractivity contribution is 6.35. The van der Waals surface area contributed by atoms with Gasteiger partial charge in [0.25, 0.3) is 0 Å². The largest absolute Gasteiger partial charge is 0.353 e. The van der Waals surface area contributed by atoms with Crippen LogP contribution in [0.25, 0.3) is 0 Å². The molecule has 1 amide bonds. The number of piperidine rings is 1. The second-order valence-electron chi connectivity index (χ2n) is 5.06. The molecule has 1 heterocycles. The summed E-state index contributed by atoms with van der Waals surface area (Å²) in [4.78, 5) is 12.0. The van der Waals surface area contributed by atoms with Crippen LogP contribution in [0.3, 0.4) is 0 Å². The van der Waals surface area contributed by atoms with Crippen molar-refractivity contribution in [2.75, 3.05) is 6.54 Å². The summed E-state index contributed by atoms with van der Waals surface area (Å²) in [5.74, 6) is 0.0170. The zero-order chi connectivity index (χ0) is 13.8. The number of halogens is 2. The summed E-state index contributed by atoms with van der Waals surface area (Å²) in [5, 5.41) is 7.56. The van der Waals surface area contributed by atoms with E-state index in [0.29, 0.717) is 22.5 Å². The highest BCUT2D eigenvalue weighted by Gasteiger charge is 2.20. The van der Waals surface area contributed by atoms with Crippen LogP contribution in [0, 0.1) is 0 Å². The predicted molar refractivity (Wildman–Crippen MR) is 78.8 cm³/mol. The van der Waals surface area contributed by atoms with Crippen molar-refractivity contribution in [2.45, 2.75) is 38.3 Å². The van der Waals surface area contributed by atoms with Crippen molar-refractivity contribution in [3.8, 4) is 0 Å². The average Bonchev–Trinajstić information content (AvgIpc) is 2.33. The third-order valence-electron chi connectivity index (χ3n) is 3.35. The Bertz CT molecular complexity index is 465.